The first kappa shape index (κ1) is 13.2. The molecule has 1 aromatic heterocycles. The molecule has 2 aromatic carbocycles. The molecule has 3 aromatic rings. The second-order valence-corrected chi connectivity index (χ2v) is 4.93. The van der Waals surface area contributed by atoms with Crippen LogP contribution in [0.3, 0.4) is 0 Å². The second kappa shape index (κ2) is 4.94. The normalized spacial score (nSPS) is 10.8. The highest BCUT2D eigenvalue weighted by Gasteiger charge is 2.08. The summed E-state index contributed by atoms with van der Waals surface area (Å²) in [6.45, 7) is 0. The molecule has 5 heteroatoms. The van der Waals surface area contributed by atoms with Gasteiger partial charge in [-0.1, -0.05) is 18.2 Å². The lowest BCUT2D eigenvalue weighted by Crippen LogP contribution is -2.36. The average Bonchev–Trinajstić information content (AvgIpc) is 2.52. The van der Waals surface area contributed by atoms with Crippen molar-refractivity contribution in [2.45, 2.75) is 0 Å². The Bertz CT molecular complexity index is 924. The molecule has 5 nitrogen and oxygen atoms in total. The number of para-hydroxylation sites is 1. The minimum atomic E-state index is -0.323. The molecular weight excluding hydrogens is 266 g/mol. The van der Waals surface area contributed by atoms with Crippen LogP contribution >= 0.6 is 0 Å². The van der Waals surface area contributed by atoms with Gasteiger partial charge in [0, 0.05) is 25.5 Å². The van der Waals surface area contributed by atoms with Crippen molar-refractivity contribution in [2.24, 2.45) is 14.1 Å². The van der Waals surface area contributed by atoms with Crippen molar-refractivity contribution in [1.29, 1.82) is 0 Å². The van der Waals surface area contributed by atoms with Crippen LogP contribution < -0.4 is 16.6 Å². The third kappa shape index (κ3) is 2.23. The van der Waals surface area contributed by atoms with Crippen LogP contribution in [0.5, 0.6) is 0 Å². The van der Waals surface area contributed by atoms with Crippen LogP contribution in [-0.4, -0.2) is 9.13 Å². The highest BCUT2D eigenvalue weighted by atomic mass is 16.2. The van der Waals surface area contributed by atoms with Gasteiger partial charge in [-0.25, -0.2) is 4.79 Å². The van der Waals surface area contributed by atoms with Crippen molar-refractivity contribution in [3.63, 3.8) is 0 Å². The SMILES string of the molecule is Cn1c(=O)c2cc(Nc3ccccc3)ccc2n(C)c1=O. The summed E-state index contributed by atoms with van der Waals surface area (Å²) in [5.74, 6) is 0. The molecule has 106 valence electrons. The van der Waals surface area contributed by atoms with E-state index in [4.69, 9.17) is 0 Å². The van der Waals surface area contributed by atoms with Crippen LogP contribution in [-0.2, 0) is 14.1 Å². The van der Waals surface area contributed by atoms with E-state index in [2.05, 4.69) is 5.32 Å². The van der Waals surface area contributed by atoms with E-state index in [-0.39, 0.29) is 11.2 Å². The van der Waals surface area contributed by atoms with E-state index in [1.165, 1.54) is 11.6 Å². The number of hydrogen-bond acceptors (Lipinski definition) is 3. The standard InChI is InChI=1S/C16H15N3O2/c1-18-14-9-8-12(17-11-6-4-3-5-7-11)10-13(14)15(20)19(2)16(18)21/h3-10,17H,1-2H3. The Morgan fingerprint density at radius 3 is 2.29 bits per heavy atom. The molecule has 0 unspecified atom stereocenters. The molecule has 0 fully saturated rings. The van der Waals surface area contributed by atoms with Gasteiger partial charge in [-0.3, -0.25) is 13.9 Å². The third-order valence-electron chi connectivity index (χ3n) is 3.53. The van der Waals surface area contributed by atoms with Crippen molar-refractivity contribution in [1.82, 2.24) is 9.13 Å². The lowest BCUT2D eigenvalue weighted by molar-refractivity contribution is 0.713. The predicted octanol–water partition coefficient (Wildman–Crippen LogP) is 1.98. The van der Waals surface area contributed by atoms with Gasteiger partial charge in [-0.2, -0.15) is 0 Å². The maximum absolute atomic E-state index is 12.2. The Balaban J connectivity index is 2.17. The lowest BCUT2D eigenvalue weighted by atomic mass is 10.2. The molecule has 3 rings (SSSR count). The monoisotopic (exact) mass is 281 g/mol. The fraction of sp³-hybridized carbons (Fsp3) is 0.125. The molecule has 0 spiro atoms. The van der Waals surface area contributed by atoms with Crippen molar-refractivity contribution in [3.05, 3.63) is 69.4 Å². The molecule has 0 bridgehead atoms. The van der Waals surface area contributed by atoms with E-state index >= 15 is 0 Å². The molecule has 0 aliphatic rings. The van der Waals surface area contributed by atoms with E-state index in [1.54, 1.807) is 19.2 Å². The van der Waals surface area contributed by atoms with E-state index < -0.39 is 0 Å². The molecule has 0 aliphatic carbocycles. The Kier molecular flexibility index (Phi) is 3.10. The average molecular weight is 281 g/mol. The number of benzene rings is 2. The predicted molar refractivity (Wildman–Crippen MR) is 84.2 cm³/mol. The molecule has 0 aliphatic heterocycles. The molecule has 1 N–H and O–H groups in total. The van der Waals surface area contributed by atoms with Gasteiger partial charge in [0.15, 0.2) is 0 Å². The Hall–Kier alpha value is -2.82. The quantitative estimate of drug-likeness (QED) is 0.781. The number of anilines is 2. The summed E-state index contributed by atoms with van der Waals surface area (Å²) in [7, 11) is 3.15. The van der Waals surface area contributed by atoms with E-state index in [9.17, 15) is 9.59 Å². The Morgan fingerprint density at radius 1 is 0.857 bits per heavy atom. The van der Waals surface area contributed by atoms with Crippen LogP contribution in [0.1, 0.15) is 0 Å². The van der Waals surface area contributed by atoms with E-state index in [0.717, 1.165) is 15.9 Å². The van der Waals surface area contributed by atoms with E-state index in [1.807, 2.05) is 36.4 Å². The summed E-state index contributed by atoms with van der Waals surface area (Å²) in [6.07, 6.45) is 0. The zero-order valence-corrected chi connectivity index (χ0v) is 11.8. The van der Waals surface area contributed by atoms with Gasteiger partial charge in [0.05, 0.1) is 10.9 Å². The molecule has 0 atom stereocenters. The summed E-state index contributed by atoms with van der Waals surface area (Å²) in [5, 5.41) is 3.76. The first-order chi connectivity index (χ1) is 10.1. The summed E-state index contributed by atoms with van der Waals surface area (Å²) in [4.78, 5) is 24.1. The van der Waals surface area contributed by atoms with Gasteiger partial charge in [0.25, 0.3) is 5.56 Å². The Labute approximate surface area is 121 Å². The highest BCUT2D eigenvalue weighted by molar-refractivity contribution is 5.83. The number of nitrogens with one attached hydrogen (secondary N) is 1. The van der Waals surface area contributed by atoms with Gasteiger partial charge < -0.3 is 5.32 Å². The molecule has 0 saturated heterocycles. The van der Waals surface area contributed by atoms with Crippen molar-refractivity contribution >= 4 is 22.3 Å². The molecule has 0 amide bonds. The first-order valence-corrected chi connectivity index (χ1v) is 6.60. The number of aromatic nitrogens is 2. The summed E-state index contributed by atoms with van der Waals surface area (Å²) in [5.41, 5.74) is 1.77. The largest absolute Gasteiger partial charge is 0.356 e. The maximum Gasteiger partial charge on any atom is 0.330 e. The van der Waals surface area contributed by atoms with Crippen LogP contribution in [0, 0.1) is 0 Å². The minimum absolute atomic E-state index is 0.287. The number of fused-ring (bicyclic) bond motifs is 1. The van der Waals surface area contributed by atoms with Gasteiger partial charge >= 0.3 is 5.69 Å². The topological polar surface area (TPSA) is 56.0 Å². The second-order valence-electron chi connectivity index (χ2n) is 4.93. The number of hydrogen-bond donors (Lipinski definition) is 1. The third-order valence-corrected chi connectivity index (χ3v) is 3.53. The van der Waals surface area contributed by atoms with Gasteiger partial charge in [0.1, 0.15) is 0 Å². The van der Waals surface area contributed by atoms with Crippen molar-refractivity contribution in [3.8, 4) is 0 Å². The molecule has 0 radical (unpaired) electrons. The smallest absolute Gasteiger partial charge is 0.330 e. The van der Waals surface area contributed by atoms with Gasteiger partial charge in [0.2, 0.25) is 0 Å². The van der Waals surface area contributed by atoms with Gasteiger partial charge in [-0.15, -0.1) is 0 Å². The zero-order valence-electron chi connectivity index (χ0n) is 11.8. The zero-order chi connectivity index (χ0) is 15.0. The van der Waals surface area contributed by atoms with Crippen LogP contribution in [0.25, 0.3) is 10.9 Å². The highest BCUT2D eigenvalue weighted by Crippen LogP contribution is 2.19. The van der Waals surface area contributed by atoms with Crippen LogP contribution in [0.2, 0.25) is 0 Å². The fourth-order valence-corrected chi connectivity index (χ4v) is 2.36. The van der Waals surface area contributed by atoms with E-state index in [0.29, 0.717) is 10.9 Å². The van der Waals surface area contributed by atoms with Gasteiger partial charge in [-0.05, 0) is 30.3 Å². The number of nitrogens with zero attached hydrogens (tertiary/aromatic N) is 2. The van der Waals surface area contributed by atoms with Crippen molar-refractivity contribution in [2.75, 3.05) is 5.32 Å². The fourth-order valence-electron chi connectivity index (χ4n) is 2.36. The minimum Gasteiger partial charge on any atom is -0.356 e. The number of rotatable bonds is 2. The van der Waals surface area contributed by atoms with Crippen LogP contribution in [0.15, 0.2) is 58.1 Å². The maximum atomic E-state index is 12.2. The molecular formula is C16H15N3O2. The lowest BCUT2D eigenvalue weighted by Gasteiger charge is -2.10. The summed E-state index contributed by atoms with van der Waals surface area (Å²) >= 11 is 0. The molecule has 21 heavy (non-hydrogen) atoms. The molecule has 0 saturated carbocycles. The van der Waals surface area contributed by atoms with Crippen LogP contribution in [0.4, 0.5) is 11.4 Å². The summed E-state index contributed by atoms with van der Waals surface area (Å²) in [6, 6.07) is 15.1. The summed E-state index contributed by atoms with van der Waals surface area (Å²) < 4.78 is 2.59. The number of aryl methyl sites for hydroxylation is 1. The molecule has 1 heterocycles. The van der Waals surface area contributed by atoms with Crippen molar-refractivity contribution < 1.29 is 0 Å². The first-order valence-electron chi connectivity index (χ1n) is 6.60. The Morgan fingerprint density at radius 2 is 1.57 bits per heavy atom.